The van der Waals surface area contributed by atoms with Crippen molar-refractivity contribution in [1.82, 2.24) is 4.90 Å². The fourth-order valence-corrected chi connectivity index (χ4v) is 3.66. The number of nitrogens with zero attached hydrogens (tertiary/aromatic N) is 1. The third-order valence-corrected chi connectivity index (χ3v) is 5.42. The van der Waals surface area contributed by atoms with Gasteiger partial charge < -0.3 is 14.7 Å². The predicted octanol–water partition coefficient (Wildman–Crippen LogP) is 4.61. The Morgan fingerprint density at radius 1 is 1.10 bits per heavy atom. The lowest BCUT2D eigenvalue weighted by Crippen LogP contribution is -2.33. The summed E-state index contributed by atoms with van der Waals surface area (Å²) < 4.78 is 5.14. The zero-order chi connectivity index (χ0) is 22.6. The second-order valence-electron chi connectivity index (χ2n) is 8.64. The summed E-state index contributed by atoms with van der Waals surface area (Å²) in [5.74, 6) is -1.44. The number of benzene rings is 2. The zero-order valence-corrected chi connectivity index (χ0v) is 18.5. The van der Waals surface area contributed by atoms with E-state index in [1.54, 1.807) is 13.2 Å². The van der Waals surface area contributed by atoms with Gasteiger partial charge in [-0.3, -0.25) is 9.59 Å². The lowest BCUT2D eigenvalue weighted by molar-refractivity contribution is -0.130. The van der Waals surface area contributed by atoms with Crippen molar-refractivity contribution in [2.24, 2.45) is 0 Å². The van der Waals surface area contributed by atoms with Crippen LogP contribution in [0.15, 0.2) is 72.0 Å². The fourth-order valence-electron chi connectivity index (χ4n) is 3.66. The number of aliphatic hydroxyl groups is 1. The van der Waals surface area contributed by atoms with E-state index in [9.17, 15) is 14.7 Å². The molecule has 1 unspecified atom stereocenters. The summed E-state index contributed by atoms with van der Waals surface area (Å²) in [4.78, 5) is 27.4. The first kappa shape index (κ1) is 22.5. The maximum atomic E-state index is 13.1. The SMILES string of the molecule is COCCN1C(=O)C(O)=C(C(=O)/C=C/c2ccccc2)C1c1ccc(C(C)(C)C)cc1. The number of aliphatic hydroxyl groups excluding tert-OH is 1. The van der Waals surface area contributed by atoms with E-state index >= 15 is 0 Å². The molecule has 1 atom stereocenters. The van der Waals surface area contributed by atoms with Crippen molar-refractivity contribution in [2.45, 2.75) is 32.2 Å². The lowest BCUT2D eigenvalue weighted by atomic mass is 9.85. The van der Waals surface area contributed by atoms with Gasteiger partial charge in [-0.25, -0.2) is 0 Å². The number of rotatable bonds is 7. The first-order valence-electron chi connectivity index (χ1n) is 10.3. The van der Waals surface area contributed by atoms with E-state index in [2.05, 4.69) is 20.8 Å². The predicted molar refractivity (Wildman–Crippen MR) is 122 cm³/mol. The van der Waals surface area contributed by atoms with E-state index < -0.39 is 17.7 Å². The van der Waals surface area contributed by atoms with Crippen LogP contribution < -0.4 is 0 Å². The molecular formula is C26H29NO4. The van der Waals surface area contributed by atoms with Crippen molar-refractivity contribution in [1.29, 1.82) is 0 Å². The topological polar surface area (TPSA) is 66.8 Å². The summed E-state index contributed by atoms with van der Waals surface area (Å²) in [6, 6.07) is 16.6. The Kier molecular flexibility index (Phi) is 6.76. The molecule has 1 amide bonds. The Hall–Kier alpha value is -3.18. The maximum absolute atomic E-state index is 13.1. The molecule has 0 radical (unpaired) electrons. The molecule has 3 rings (SSSR count). The number of carbonyl (C=O) groups is 2. The highest BCUT2D eigenvalue weighted by Crippen LogP contribution is 2.38. The van der Waals surface area contributed by atoms with Gasteiger partial charge in [0, 0.05) is 13.7 Å². The van der Waals surface area contributed by atoms with E-state index in [0.29, 0.717) is 6.61 Å². The normalized spacial score (nSPS) is 17.1. The average molecular weight is 420 g/mol. The second-order valence-corrected chi connectivity index (χ2v) is 8.64. The van der Waals surface area contributed by atoms with Crippen molar-refractivity contribution in [3.8, 4) is 0 Å². The number of ketones is 1. The maximum Gasteiger partial charge on any atom is 0.290 e. The van der Waals surface area contributed by atoms with Gasteiger partial charge in [-0.1, -0.05) is 81.4 Å². The molecule has 1 heterocycles. The van der Waals surface area contributed by atoms with Gasteiger partial charge in [0.05, 0.1) is 18.2 Å². The van der Waals surface area contributed by atoms with Gasteiger partial charge >= 0.3 is 0 Å². The fraction of sp³-hybridized carbons (Fsp3) is 0.308. The summed E-state index contributed by atoms with van der Waals surface area (Å²) in [7, 11) is 1.55. The van der Waals surface area contributed by atoms with Gasteiger partial charge in [0.25, 0.3) is 5.91 Å². The second kappa shape index (κ2) is 9.31. The third-order valence-electron chi connectivity index (χ3n) is 5.42. The first-order chi connectivity index (χ1) is 14.7. The van der Waals surface area contributed by atoms with Crippen molar-refractivity contribution in [3.05, 3.63) is 88.7 Å². The number of ether oxygens (including phenoxy) is 1. The van der Waals surface area contributed by atoms with Crippen LogP contribution in [-0.4, -0.2) is 42.0 Å². The molecule has 0 spiro atoms. The van der Waals surface area contributed by atoms with Crippen LogP contribution in [-0.2, 0) is 19.7 Å². The molecule has 2 aromatic rings. The number of methoxy groups -OCH3 is 1. The van der Waals surface area contributed by atoms with Gasteiger partial charge in [0.15, 0.2) is 11.5 Å². The van der Waals surface area contributed by atoms with Gasteiger partial charge in [0.2, 0.25) is 0 Å². The van der Waals surface area contributed by atoms with Crippen LogP contribution in [0.4, 0.5) is 0 Å². The first-order valence-corrected chi connectivity index (χ1v) is 10.3. The summed E-state index contributed by atoms with van der Waals surface area (Å²) in [5.41, 5.74) is 2.86. The minimum absolute atomic E-state index is 0.0190. The molecule has 5 heteroatoms. The van der Waals surface area contributed by atoms with Gasteiger partial charge in [0.1, 0.15) is 0 Å². The number of hydrogen-bond acceptors (Lipinski definition) is 4. The van der Waals surface area contributed by atoms with E-state index in [4.69, 9.17) is 4.74 Å². The molecule has 162 valence electrons. The molecule has 31 heavy (non-hydrogen) atoms. The van der Waals surface area contributed by atoms with Crippen LogP contribution in [0.5, 0.6) is 0 Å². The Morgan fingerprint density at radius 3 is 2.32 bits per heavy atom. The van der Waals surface area contributed by atoms with Crippen LogP contribution in [0.1, 0.15) is 43.5 Å². The molecule has 0 aliphatic carbocycles. The summed E-state index contributed by atoms with van der Waals surface area (Å²) in [6.07, 6.45) is 3.09. The smallest absolute Gasteiger partial charge is 0.290 e. The van der Waals surface area contributed by atoms with Crippen LogP contribution in [0.3, 0.4) is 0 Å². The average Bonchev–Trinajstić information content (AvgIpc) is 3.01. The Morgan fingerprint density at radius 2 is 1.74 bits per heavy atom. The molecule has 2 aromatic carbocycles. The minimum atomic E-state index is -0.662. The van der Waals surface area contributed by atoms with Crippen LogP contribution >= 0.6 is 0 Å². The largest absolute Gasteiger partial charge is 0.503 e. The molecule has 0 aromatic heterocycles. The zero-order valence-electron chi connectivity index (χ0n) is 18.5. The number of hydrogen-bond donors (Lipinski definition) is 1. The highest BCUT2D eigenvalue weighted by molar-refractivity contribution is 6.14. The molecule has 0 fully saturated rings. The number of amides is 1. The quantitative estimate of drug-likeness (QED) is 0.666. The van der Waals surface area contributed by atoms with Crippen molar-refractivity contribution < 1.29 is 19.4 Å². The highest BCUT2D eigenvalue weighted by Gasteiger charge is 2.42. The van der Waals surface area contributed by atoms with E-state index in [0.717, 1.165) is 16.7 Å². The van der Waals surface area contributed by atoms with Crippen molar-refractivity contribution >= 4 is 17.8 Å². The van der Waals surface area contributed by atoms with E-state index in [1.807, 2.05) is 54.6 Å². The molecule has 0 saturated carbocycles. The lowest BCUT2D eigenvalue weighted by Gasteiger charge is -2.27. The Labute approximate surface area is 183 Å². The standard InChI is InChI=1S/C26H29NO4/c1-26(2,3)20-13-11-19(12-14-20)23-22(24(29)25(30)27(23)16-17-31-4)21(28)15-10-18-8-6-5-7-9-18/h5-15,23,29H,16-17H2,1-4H3/b15-10+. The van der Waals surface area contributed by atoms with Crippen LogP contribution in [0, 0.1) is 0 Å². The summed E-state index contributed by atoms with van der Waals surface area (Å²) in [6.45, 7) is 6.95. The Bertz CT molecular complexity index is 998. The van der Waals surface area contributed by atoms with Crippen LogP contribution in [0.25, 0.3) is 6.08 Å². The third kappa shape index (κ3) is 4.94. The molecule has 0 saturated heterocycles. The van der Waals surface area contributed by atoms with Gasteiger partial charge in [-0.05, 0) is 28.2 Å². The number of allylic oxidation sites excluding steroid dienone is 1. The van der Waals surface area contributed by atoms with Gasteiger partial charge in [-0.2, -0.15) is 0 Å². The summed E-state index contributed by atoms with van der Waals surface area (Å²) in [5, 5.41) is 10.6. The van der Waals surface area contributed by atoms with E-state index in [-0.39, 0.29) is 23.3 Å². The molecule has 1 N–H and O–H groups in total. The summed E-state index contributed by atoms with van der Waals surface area (Å²) >= 11 is 0. The Balaban J connectivity index is 1.99. The molecule has 0 bridgehead atoms. The number of carbonyl (C=O) groups excluding carboxylic acids is 2. The highest BCUT2D eigenvalue weighted by atomic mass is 16.5. The van der Waals surface area contributed by atoms with E-state index in [1.165, 1.54) is 11.0 Å². The minimum Gasteiger partial charge on any atom is -0.503 e. The van der Waals surface area contributed by atoms with Crippen LogP contribution in [0.2, 0.25) is 0 Å². The van der Waals surface area contributed by atoms with Crippen molar-refractivity contribution in [2.75, 3.05) is 20.3 Å². The molecule has 1 aliphatic heterocycles. The van der Waals surface area contributed by atoms with Crippen molar-refractivity contribution in [3.63, 3.8) is 0 Å². The van der Waals surface area contributed by atoms with Gasteiger partial charge in [-0.15, -0.1) is 0 Å². The molecular weight excluding hydrogens is 390 g/mol. The molecule has 1 aliphatic rings. The molecule has 5 nitrogen and oxygen atoms in total. The monoisotopic (exact) mass is 419 g/mol.